The van der Waals surface area contributed by atoms with Gasteiger partial charge in [0.1, 0.15) is 0 Å². The maximum atomic E-state index is 10.6. The van der Waals surface area contributed by atoms with Crippen molar-refractivity contribution >= 4 is 16.2 Å². The highest BCUT2D eigenvalue weighted by atomic mass is 32.2. The predicted octanol–water partition coefficient (Wildman–Crippen LogP) is -1.44. The summed E-state index contributed by atoms with van der Waals surface area (Å²) in [6.45, 7) is -0.394. The van der Waals surface area contributed by atoms with E-state index in [0.717, 1.165) is 6.21 Å². The highest BCUT2D eigenvalue weighted by Crippen LogP contribution is 2.13. The summed E-state index contributed by atoms with van der Waals surface area (Å²) in [5.74, 6) is 0. The molecule has 1 aliphatic heterocycles. The van der Waals surface area contributed by atoms with Gasteiger partial charge in [0.2, 0.25) is 0 Å². The molecular formula is C4H6N2O3S. The Balaban J connectivity index is 3.20. The first-order valence-corrected chi connectivity index (χ1v) is 3.92. The van der Waals surface area contributed by atoms with Crippen molar-refractivity contribution in [2.24, 2.45) is 10.1 Å². The highest BCUT2D eigenvalue weighted by Gasteiger charge is 2.21. The molecule has 0 aromatic rings. The van der Waals surface area contributed by atoms with Gasteiger partial charge in [-0.3, -0.25) is 0 Å². The number of nitrogens with zero attached hydrogens (tertiary/aromatic N) is 1. The summed E-state index contributed by atoms with van der Waals surface area (Å²) in [5.41, 5.74) is 5.23. The van der Waals surface area contributed by atoms with Gasteiger partial charge >= 0.3 is 0 Å². The Morgan fingerprint density at radius 3 is 2.50 bits per heavy atom. The van der Waals surface area contributed by atoms with Crippen molar-refractivity contribution in [1.29, 1.82) is 0 Å². The first-order valence-electron chi connectivity index (χ1n) is 2.48. The molecule has 0 amide bonds. The topological polar surface area (TPSA) is 92.8 Å². The molecule has 1 rings (SSSR count). The van der Waals surface area contributed by atoms with E-state index in [-0.39, 0.29) is 10.6 Å². The molecule has 5 nitrogen and oxygen atoms in total. The number of nitrogens with two attached hydrogens (primary N) is 1. The number of rotatable bonds is 1. The Morgan fingerprint density at radius 2 is 2.30 bits per heavy atom. The van der Waals surface area contributed by atoms with Crippen LogP contribution in [0.25, 0.3) is 0 Å². The second-order valence-electron chi connectivity index (χ2n) is 1.76. The molecule has 1 heterocycles. The van der Waals surface area contributed by atoms with Gasteiger partial charge in [0, 0.05) is 11.8 Å². The minimum absolute atomic E-state index is 0.153. The molecule has 0 unspecified atom stereocenters. The van der Waals surface area contributed by atoms with Gasteiger partial charge < -0.3 is 10.8 Å². The van der Waals surface area contributed by atoms with E-state index in [9.17, 15) is 8.42 Å². The monoisotopic (exact) mass is 162 g/mol. The van der Waals surface area contributed by atoms with Crippen molar-refractivity contribution < 1.29 is 13.5 Å². The largest absolute Gasteiger partial charge is 0.392 e. The van der Waals surface area contributed by atoms with Gasteiger partial charge in [0.25, 0.3) is 10.0 Å². The van der Waals surface area contributed by atoms with Crippen molar-refractivity contribution in [3.63, 3.8) is 0 Å². The summed E-state index contributed by atoms with van der Waals surface area (Å²) in [6, 6.07) is 0. The van der Waals surface area contributed by atoms with Crippen LogP contribution >= 0.6 is 0 Å². The number of aliphatic hydroxyl groups excluding tert-OH is 1. The first-order chi connectivity index (χ1) is 4.58. The van der Waals surface area contributed by atoms with Crippen molar-refractivity contribution in [3.05, 3.63) is 10.6 Å². The number of hydrogen-bond acceptors (Lipinski definition) is 4. The third-order valence-corrected chi connectivity index (χ3v) is 2.31. The van der Waals surface area contributed by atoms with Gasteiger partial charge in [-0.05, 0) is 0 Å². The summed E-state index contributed by atoms with van der Waals surface area (Å²) in [7, 11) is -3.62. The molecule has 0 atom stereocenters. The van der Waals surface area contributed by atoms with Crippen molar-refractivity contribution in [3.8, 4) is 0 Å². The fourth-order valence-electron chi connectivity index (χ4n) is 0.538. The van der Waals surface area contributed by atoms with E-state index < -0.39 is 16.6 Å². The molecular weight excluding hydrogens is 156 g/mol. The van der Waals surface area contributed by atoms with Crippen molar-refractivity contribution in [2.45, 2.75) is 0 Å². The van der Waals surface area contributed by atoms with Gasteiger partial charge in [-0.25, -0.2) is 0 Å². The Kier molecular flexibility index (Phi) is 1.49. The summed E-state index contributed by atoms with van der Waals surface area (Å²) in [5, 5.41) is 8.12. The van der Waals surface area contributed by atoms with E-state index in [4.69, 9.17) is 10.8 Å². The Morgan fingerprint density at radius 1 is 1.70 bits per heavy atom. The van der Waals surface area contributed by atoms with Crippen LogP contribution in [0.5, 0.6) is 0 Å². The van der Waals surface area contributed by atoms with Crippen molar-refractivity contribution in [2.75, 3.05) is 6.61 Å². The molecule has 3 N–H and O–H groups in total. The summed E-state index contributed by atoms with van der Waals surface area (Å²) in [6.07, 6.45) is 1.05. The van der Waals surface area contributed by atoms with E-state index in [1.807, 2.05) is 0 Å². The number of aliphatic hydroxyl groups is 1. The van der Waals surface area contributed by atoms with E-state index in [0.29, 0.717) is 0 Å². The lowest BCUT2D eigenvalue weighted by Gasteiger charge is -1.92. The molecule has 0 aliphatic carbocycles. The lowest BCUT2D eigenvalue weighted by molar-refractivity contribution is 0.337. The molecule has 0 aromatic heterocycles. The third kappa shape index (κ3) is 0.910. The van der Waals surface area contributed by atoms with Crippen LogP contribution in [0, 0.1) is 0 Å². The molecule has 0 spiro atoms. The smallest absolute Gasteiger partial charge is 0.297 e. The van der Waals surface area contributed by atoms with Crippen LogP contribution in [0.2, 0.25) is 0 Å². The molecule has 0 fully saturated rings. The quantitative estimate of drug-likeness (QED) is 0.494. The highest BCUT2D eigenvalue weighted by molar-refractivity contribution is 7.94. The lowest BCUT2D eigenvalue weighted by Crippen LogP contribution is -2.09. The van der Waals surface area contributed by atoms with Gasteiger partial charge in [-0.1, -0.05) is 0 Å². The SMILES string of the molecule is NC1=C(CO)C=NS1(=O)=O. The minimum Gasteiger partial charge on any atom is -0.392 e. The average molecular weight is 162 g/mol. The number of hydrogen-bond donors (Lipinski definition) is 2. The van der Waals surface area contributed by atoms with Crippen LogP contribution < -0.4 is 5.73 Å². The maximum Gasteiger partial charge on any atom is 0.297 e. The summed E-state index contributed by atoms with van der Waals surface area (Å²) >= 11 is 0. The standard InChI is InChI=1S/C4H6N2O3S/c5-4-3(2-7)1-6-10(4,8)9/h1,7H,2,5H2. The second-order valence-corrected chi connectivity index (χ2v) is 3.36. The van der Waals surface area contributed by atoms with Gasteiger partial charge in [-0.2, -0.15) is 12.8 Å². The predicted molar refractivity (Wildman–Crippen MR) is 35.7 cm³/mol. The summed E-state index contributed by atoms with van der Waals surface area (Å²) in [4.78, 5) is 0. The zero-order valence-corrected chi connectivity index (χ0v) is 5.80. The molecule has 0 saturated carbocycles. The van der Waals surface area contributed by atoms with Gasteiger partial charge in [0.15, 0.2) is 5.03 Å². The van der Waals surface area contributed by atoms with Crippen LogP contribution in [0.4, 0.5) is 0 Å². The lowest BCUT2D eigenvalue weighted by atomic mass is 10.3. The van der Waals surface area contributed by atoms with E-state index in [1.165, 1.54) is 0 Å². The van der Waals surface area contributed by atoms with E-state index in [1.54, 1.807) is 0 Å². The minimum atomic E-state index is -3.62. The molecule has 0 aromatic carbocycles. The van der Waals surface area contributed by atoms with Gasteiger partial charge in [-0.15, -0.1) is 0 Å². The zero-order valence-electron chi connectivity index (χ0n) is 4.98. The fourth-order valence-corrected chi connectivity index (χ4v) is 1.37. The third-order valence-electron chi connectivity index (χ3n) is 1.11. The second kappa shape index (κ2) is 2.06. The molecule has 0 bridgehead atoms. The molecule has 1 aliphatic rings. The van der Waals surface area contributed by atoms with E-state index in [2.05, 4.69) is 4.40 Å². The molecule has 10 heavy (non-hydrogen) atoms. The molecule has 6 heteroatoms. The van der Waals surface area contributed by atoms with Crippen LogP contribution in [0.3, 0.4) is 0 Å². The van der Waals surface area contributed by atoms with Crippen LogP contribution in [-0.4, -0.2) is 26.3 Å². The fraction of sp³-hybridized carbons (Fsp3) is 0.250. The Hall–Kier alpha value is -0.880. The maximum absolute atomic E-state index is 10.6. The summed E-state index contributed by atoms with van der Waals surface area (Å²) < 4.78 is 24.4. The average Bonchev–Trinajstić information content (AvgIpc) is 2.10. The zero-order chi connectivity index (χ0) is 7.78. The first kappa shape index (κ1) is 7.23. The van der Waals surface area contributed by atoms with E-state index >= 15 is 0 Å². The van der Waals surface area contributed by atoms with Crippen LogP contribution in [-0.2, 0) is 10.0 Å². The van der Waals surface area contributed by atoms with Crippen LogP contribution in [0.1, 0.15) is 0 Å². The Labute approximate surface area is 57.9 Å². The van der Waals surface area contributed by atoms with Crippen LogP contribution in [0.15, 0.2) is 15.0 Å². The molecule has 0 radical (unpaired) electrons. The molecule has 56 valence electrons. The van der Waals surface area contributed by atoms with Crippen molar-refractivity contribution in [1.82, 2.24) is 0 Å². The molecule has 0 saturated heterocycles. The number of sulfonamides is 1. The normalized spacial score (nSPS) is 22.1. The Bertz CT molecular complexity index is 300. The van der Waals surface area contributed by atoms with Gasteiger partial charge in [0.05, 0.1) is 6.61 Å².